The van der Waals surface area contributed by atoms with Gasteiger partial charge in [-0.1, -0.05) is 13.8 Å². The molecule has 0 saturated carbocycles. The van der Waals surface area contributed by atoms with Crippen LogP contribution in [-0.2, 0) is 17.8 Å². The lowest BCUT2D eigenvalue weighted by atomic mass is 9.98. The molecule has 0 spiro atoms. The fourth-order valence-corrected chi connectivity index (χ4v) is 2.67. The average molecular weight is 280 g/mol. The van der Waals surface area contributed by atoms with E-state index in [1.165, 1.54) is 12.8 Å². The van der Waals surface area contributed by atoms with Gasteiger partial charge in [0.15, 0.2) is 0 Å². The Morgan fingerprint density at radius 2 is 2.00 bits per heavy atom. The fourth-order valence-electron chi connectivity index (χ4n) is 2.67. The van der Waals surface area contributed by atoms with Crippen LogP contribution in [0, 0.1) is 5.92 Å². The Kier molecular flexibility index (Phi) is 6.07. The normalized spacial score (nSPS) is 18.0. The number of hydrogen-bond acceptors (Lipinski definition) is 4. The van der Waals surface area contributed by atoms with Gasteiger partial charge in [0, 0.05) is 19.8 Å². The van der Waals surface area contributed by atoms with E-state index in [-0.39, 0.29) is 0 Å². The largest absolute Gasteiger partial charge is 0.463 e. The molecular weight excluding hydrogens is 252 g/mol. The Morgan fingerprint density at radius 3 is 2.65 bits per heavy atom. The van der Waals surface area contributed by atoms with Gasteiger partial charge in [0.1, 0.15) is 11.5 Å². The van der Waals surface area contributed by atoms with Crippen LogP contribution in [0.2, 0.25) is 0 Å². The number of rotatable bonds is 7. The number of nitrogens with zero attached hydrogens (tertiary/aromatic N) is 1. The summed E-state index contributed by atoms with van der Waals surface area (Å²) in [5, 5.41) is 3.38. The van der Waals surface area contributed by atoms with Crippen LogP contribution in [0.25, 0.3) is 0 Å². The predicted octanol–water partition coefficient (Wildman–Crippen LogP) is 2.64. The minimum atomic E-state index is 0.489. The van der Waals surface area contributed by atoms with Gasteiger partial charge in [-0.3, -0.25) is 4.90 Å². The third-order valence-electron chi connectivity index (χ3n) is 3.89. The SMILES string of the molecule is COCC1CCN(Cc2ccc(CNC(C)C)o2)CC1. The highest BCUT2D eigenvalue weighted by atomic mass is 16.5. The van der Waals surface area contributed by atoms with Crippen molar-refractivity contribution in [2.75, 3.05) is 26.8 Å². The van der Waals surface area contributed by atoms with Crippen LogP contribution >= 0.6 is 0 Å². The standard InChI is InChI=1S/C16H28N2O2/c1-13(2)17-10-15-4-5-16(20-15)11-18-8-6-14(7-9-18)12-19-3/h4-5,13-14,17H,6-12H2,1-3H3. The van der Waals surface area contributed by atoms with Crippen molar-refractivity contribution >= 4 is 0 Å². The monoisotopic (exact) mass is 280 g/mol. The van der Waals surface area contributed by atoms with Crippen LogP contribution in [0.4, 0.5) is 0 Å². The van der Waals surface area contributed by atoms with Crippen molar-refractivity contribution in [3.63, 3.8) is 0 Å². The maximum Gasteiger partial charge on any atom is 0.118 e. The molecule has 0 bridgehead atoms. The van der Waals surface area contributed by atoms with E-state index in [1.54, 1.807) is 7.11 Å². The molecule has 0 atom stereocenters. The van der Waals surface area contributed by atoms with Crippen LogP contribution in [0.5, 0.6) is 0 Å². The van der Waals surface area contributed by atoms with Gasteiger partial charge in [-0.2, -0.15) is 0 Å². The molecule has 1 aliphatic rings. The van der Waals surface area contributed by atoms with E-state index >= 15 is 0 Å². The molecule has 20 heavy (non-hydrogen) atoms. The molecule has 4 heteroatoms. The second-order valence-corrected chi connectivity index (χ2v) is 6.08. The summed E-state index contributed by atoms with van der Waals surface area (Å²) in [7, 11) is 1.79. The molecule has 1 fully saturated rings. The second kappa shape index (κ2) is 7.81. The summed E-state index contributed by atoms with van der Waals surface area (Å²) in [6, 6.07) is 4.68. The molecule has 4 nitrogen and oxygen atoms in total. The topological polar surface area (TPSA) is 37.6 Å². The highest BCUT2D eigenvalue weighted by Gasteiger charge is 2.19. The van der Waals surface area contributed by atoms with Crippen molar-refractivity contribution in [1.29, 1.82) is 0 Å². The van der Waals surface area contributed by atoms with E-state index in [9.17, 15) is 0 Å². The Bertz CT molecular complexity index is 382. The lowest BCUT2D eigenvalue weighted by molar-refractivity contribution is 0.0937. The summed E-state index contributed by atoms with van der Waals surface area (Å²) in [6.45, 7) is 9.24. The molecule has 2 rings (SSSR count). The second-order valence-electron chi connectivity index (χ2n) is 6.08. The zero-order chi connectivity index (χ0) is 14.4. The van der Waals surface area contributed by atoms with Crippen LogP contribution in [0.1, 0.15) is 38.2 Å². The summed E-state index contributed by atoms with van der Waals surface area (Å²) in [5.41, 5.74) is 0. The molecule has 1 aromatic heterocycles. The van der Waals surface area contributed by atoms with E-state index in [0.717, 1.165) is 50.2 Å². The first-order chi connectivity index (χ1) is 9.67. The van der Waals surface area contributed by atoms with E-state index in [0.29, 0.717) is 6.04 Å². The number of ether oxygens (including phenoxy) is 1. The number of likely N-dealkylation sites (tertiary alicyclic amines) is 1. The van der Waals surface area contributed by atoms with Crippen molar-refractivity contribution in [1.82, 2.24) is 10.2 Å². The lowest BCUT2D eigenvalue weighted by Crippen LogP contribution is -2.34. The predicted molar refractivity (Wildman–Crippen MR) is 80.6 cm³/mol. The van der Waals surface area contributed by atoms with Crippen molar-refractivity contribution in [2.24, 2.45) is 5.92 Å². The Labute approximate surface area is 122 Å². The molecular formula is C16H28N2O2. The summed E-state index contributed by atoms with van der Waals surface area (Å²) < 4.78 is 11.1. The van der Waals surface area contributed by atoms with E-state index < -0.39 is 0 Å². The zero-order valence-electron chi connectivity index (χ0n) is 13.0. The first-order valence-electron chi connectivity index (χ1n) is 7.69. The Morgan fingerprint density at radius 1 is 1.30 bits per heavy atom. The van der Waals surface area contributed by atoms with E-state index in [1.807, 2.05) is 0 Å². The smallest absolute Gasteiger partial charge is 0.118 e. The highest BCUT2D eigenvalue weighted by molar-refractivity contribution is 5.07. The van der Waals surface area contributed by atoms with Crippen molar-refractivity contribution in [2.45, 2.75) is 45.8 Å². The Hall–Kier alpha value is -0.840. The molecule has 114 valence electrons. The quantitative estimate of drug-likeness (QED) is 0.833. The van der Waals surface area contributed by atoms with Gasteiger partial charge >= 0.3 is 0 Å². The van der Waals surface area contributed by atoms with Crippen molar-refractivity contribution < 1.29 is 9.15 Å². The number of furan rings is 1. The highest BCUT2D eigenvalue weighted by Crippen LogP contribution is 2.20. The summed E-state index contributed by atoms with van der Waals surface area (Å²) in [6.07, 6.45) is 2.46. The van der Waals surface area contributed by atoms with Gasteiger partial charge in [-0.05, 0) is 44.0 Å². The Balaban J connectivity index is 1.74. The summed E-state index contributed by atoms with van der Waals surface area (Å²) in [4.78, 5) is 2.48. The molecule has 0 aliphatic carbocycles. The first kappa shape index (κ1) is 15.5. The molecule has 0 radical (unpaired) electrons. The van der Waals surface area contributed by atoms with Gasteiger partial charge in [-0.25, -0.2) is 0 Å². The molecule has 0 unspecified atom stereocenters. The third kappa shape index (κ3) is 4.93. The minimum Gasteiger partial charge on any atom is -0.463 e. The average Bonchev–Trinajstić information content (AvgIpc) is 2.87. The van der Waals surface area contributed by atoms with Crippen molar-refractivity contribution in [3.8, 4) is 0 Å². The molecule has 0 amide bonds. The van der Waals surface area contributed by atoms with E-state index in [4.69, 9.17) is 9.15 Å². The number of methoxy groups -OCH3 is 1. The number of nitrogens with one attached hydrogen (secondary N) is 1. The maximum atomic E-state index is 5.88. The molecule has 1 saturated heterocycles. The van der Waals surface area contributed by atoms with Crippen LogP contribution < -0.4 is 5.32 Å². The molecule has 1 N–H and O–H groups in total. The molecule has 2 heterocycles. The van der Waals surface area contributed by atoms with Gasteiger partial charge in [0.25, 0.3) is 0 Å². The lowest BCUT2D eigenvalue weighted by Gasteiger charge is -2.30. The first-order valence-corrected chi connectivity index (χ1v) is 7.69. The number of hydrogen-bond donors (Lipinski definition) is 1. The minimum absolute atomic E-state index is 0.489. The van der Waals surface area contributed by atoms with Crippen LogP contribution in [-0.4, -0.2) is 37.7 Å². The van der Waals surface area contributed by atoms with Crippen molar-refractivity contribution in [3.05, 3.63) is 23.7 Å². The van der Waals surface area contributed by atoms with Gasteiger partial charge in [-0.15, -0.1) is 0 Å². The van der Waals surface area contributed by atoms with Gasteiger partial charge < -0.3 is 14.5 Å². The fraction of sp³-hybridized carbons (Fsp3) is 0.750. The molecule has 1 aliphatic heterocycles. The third-order valence-corrected chi connectivity index (χ3v) is 3.89. The van der Waals surface area contributed by atoms with Gasteiger partial charge in [0.2, 0.25) is 0 Å². The summed E-state index contributed by atoms with van der Waals surface area (Å²) >= 11 is 0. The van der Waals surface area contributed by atoms with Gasteiger partial charge in [0.05, 0.1) is 13.1 Å². The van der Waals surface area contributed by atoms with E-state index in [2.05, 4.69) is 36.2 Å². The van der Waals surface area contributed by atoms with Crippen LogP contribution in [0.15, 0.2) is 16.5 Å². The molecule has 1 aromatic rings. The maximum absolute atomic E-state index is 5.88. The molecule has 0 aromatic carbocycles. The van der Waals surface area contributed by atoms with Crippen LogP contribution in [0.3, 0.4) is 0 Å². The zero-order valence-corrected chi connectivity index (χ0v) is 13.0. The number of piperidine rings is 1. The summed E-state index contributed by atoms with van der Waals surface area (Å²) in [5.74, 6) is 2.84.